The van der Waals surface area contributed by atoms with E-state index in [1.807, 2.05) is 18.2 Å². The molecule has 4 aromatic rings. The highest BCUT2D eigenvalue weighted by molar-refractivity contribution is 6.11. The third kappa shape index (κ3) is 1.61. The van der Waals surface area contributed by atoms with Crippen LogP contribution in [0.15, 0.2) is 54.6 Å². The first-order valence-corrected chi connectivity index (χ1v) is 8.17. The lowest BCUT2D eigenvalue weighted by Gasteiger charge is -2.29. The van der Waals surface area contributed by atoms with Gasteiger partial charge in [0.05, 0.1) is 16.9 Å². The van der Waals surface area contributed by atoms with Gasteiger partial charge in [-0.1, -0.05) is 24.3 Å². The van der Waals surface area contributed by atoms with Gasteiger partial charge in [-0.15, -0.1) is 0 Å². The Kier molecular flexibility index (Phi) is 2.55. The van der Waals surface area contributed by atoms with Gasteiger partial charge in [-0.2, -0.15) is 0 Å². The molecule has 118 valence electrons. The molecule has 1 aliphatic rings. The fraction of sp³-hybridized carbons (Fsp3) is 0.143. The maximum absolute atomic E-state index is 6.20. The van der Waals surface area contributed by atoms with E-state index in [2.05, 4.69) is 66.9 Å². The van der Waals surface area contributed by atoms with Crippen LogP contribution in [0, 0.1) is 6.92 Å². The number of hydrogen-bond acceptors (Lipinski definition) is 2. The Labute approximate surface area is 140 Å². The van der Waals surface area contributed by atoms with Crippen LogP contribution in [0.1, 0.15) is 5.56 Å². The van der Waals surface area contributed by atoms with Crippen molar-refractivity contribution in [3.8, 4) is 11.5 Å². The molecule has 0 amide bonds. The molecule has 1 aliphatic heterocycles. The van der Waals surface area contributed by atoms with E-state index in [0.29, 0.717) is 0 Å². The molecule has 0 saturated carbocycles. The molecule has 0 saturated heterocycles. The Bertz CT molecular complexity index is 1120. The number of anilines is 2. The molecule has 24 heavy (non-hydrogen) atoms. The van der Waals surface area contributed by atoms with Crippen molar-refractivity contribution in [3.63, 3.8) is 0 Å². The first-order valence-electron chi connectivity index (χ1n) is 8.17. The van der Waals surface area contributed by atoms with Gasteiger partial charge in [0.1, 0.15) is 0 Å². The summed E-state index contributed by atoms with van der Waals surface area (Å²) in [6.45, 7) is 2.17. The van der Waals surface area contributed by atoms with Crippen molar-refractivity contribution < 1.29 is 4.74 Å². The second kappa shape index (κ2) is 4.54. The molecular formula is C21H18N2O. The second-order valence-electron chi connectivity index (χ2n) is 6.49. The molecule has 3 aromatic carbocycles. The zero-order valence-electron chi connectivity index (χ0n) is 14.0. The van der Waals surface area contributed by atoms with E-state index in [1.54, 1.807) is 0 Å². The Morgan fingerprint density at radius 2 is 1.62 bits per heavy atom. The lowest BCUT2D eigenvalue weighted by Crippen LogP contribution is -2.15. The van der Waals surface area contributed by atoms with Crippen molar-refractivity contribution >= 4 is 33.2 Å². The van der Waals surface area contributed by atoms with Crippen LogP contribution in [0.25, 0.3) is 21.8 Å². The third-order valence-corrected chi connectivity index (χ3v) is 5.13. The van der Waals surface area contributed by atoms with Crippen molar-refractivity contribution in [3.05, 3.63) is 60.2 Å². The average Bonchev–Trinajstić information content (AvgIpc) is 2.87. The Hall–Kier alpha value is -2.94. The first-order chi connectivity index (χ1) is 11.6. The van der Waals surface area contributed by atoms with Crippen LogP contribution in [-0.2, 0) is 7.05 Å². The van der Waals surface area contributed by atoms with Gasteiger partial charge in [0.2, 0.25) is 0 Å². The summed E-state index contributed by atoms with van der Waals surface area (Å²) in [6.07, 6.45) is 0. The molecule has 0 unspecified atom stereocenters. The Balaban J connectivity index is 1.87. The number of aryl methyl sites for hydroxylation is 2. The van der Waals surface area contributed by atoms with E-state index >= 15 is 0 Å². The van der Waals surface area contributed by atoms with Crippen LogP contribution in [0.4, 0.5) is 11.4 Å². The van der Waals surface area contributed by atoms with Crippen LogP contribution in [-0.4, -0.2) is 11.6 Å². The highest BCUT2D eigenvalue weighted by Crippen LogP contribution is 2.48. The lowest BCUT2D eigenvalue weighted by atomic mass is 10.1. The second-order valence-corrected chi connectivity index (χ2v) is 6.49. The van der Waals surface area contributed by atoms with E-state index in [1.165, 1.54) is 27.4 Å². The number of fused-ring (bicyclic) bond motifs is 5. The van der Waals surface area contributed by atoms with Crippen molar-refractivity contribution in [2.75, 3.05) is 11.9 Å². The van der Waals surface area contributed by atoms with Crippen LogP contribution in [0.2, 0.25) is 0 Å². The minimum Gasteiger partial charge on any atom is -0.453 e. The molecule has 5 rings (SSSR count). The smallest absolute Gasteiger partial charge is 0.151 e. The summed E-state index contributed by atoms with van der Waals surface area (Å²) in [6, 6.07) is 19.1. The van der Waals surface area contributed by atoms with Gasteiger partial charge in [-0.3, -0.25) is 0 Å². The molecule has 0 fully saturated rings. The predicted octanol–water partition coefficient (Wildman–Crippen LogP) is 5.51. The molecule has 0 N–H and O–H groups in total. The van der Waals surface area contributed by atoms with Crippen LogP contribution in [0.3, 0.4) is 0 Å². The Morgan fingerprint density at radius 1 is 0.792 bits per heavy atom. The van der Waals surface area contributed by atoms with E-state index in [-0.39, 0.29) is 0 Å². The maximum Gasteiger partial charge on any atom is 0.151 e. The average molecular weight is 314 g/mol. The molecule has 3 nitrogen and oxygen atoms in total. The summed E-state index contributed by atoms with van der Waals surface area (Å²) in [5.74, 6) is 1.82. The number of benzene rings is 3. The van der Waals surface area contributed by atoms with Crippen molar-refractivity contribution in [2.24, 2.45) is 7.05 Å². The summed E-state index contributed by atoms with van der Waals surface area (Å²) in [5.41, 5.74) is 5.98. The van der Waals surface area contributed by atoms with Crippen LogP contribution in [0.5, 0.6) is 11.5 Å². The van der Waals surface area contributed by atoms with Gasteiger partial charge < -0.3 is 14.2 Å². The lowest BCUT2D eigenvalue weighted by molar-refractivity contribution is 0.476. The summed E-state index contributed by atoms with van der Waals surface area (Å²) in [7, 11) is 4.23. The van der Waals surface area contributed by atoms with Crippen LogP contribution < -0.4 is 9.64 Å². The molecule has 0 spiro atoms. The monoisotopic (exact) mass is 314 g/mol. The molecule has 0 radical (unpaired) electrons. The van der Waals surface area contributed by atoms with Crippen LogP contribution >= 0.6 is 0 Å². The topological polar surface area (TPSA) is 17.4 Å². The van der Waals surface area contributed by atoms with E-state index in [4.69, 9.17) is 4.74 Å². The number of hydrogen-bond donors (Lipinski definition) is 0. The maximum atomic E-state index is 6.20. The minimum absolute atomic E-state index is 0.906. The van der Waals surface area contributed by atoms with Gasteiger partial charge >= 0.3 is 0 Å². The molecule has 2 heterocycles. The molecule has 0 bridgehead atoms. The highest BCUT2D eigenvalue weighted by Gasteiger charge is 2.23. The Morgan fingerprint density at radius 3 is 2.50 bits per heavy atom. The number of rotatable bonds is 0. The number of nitrogens with zero attached hydrogens (tertiary/aromatic N) is 2. The van der Waals surface area contributed by atoms with Crippen molar-refractivity contribution in [2.45, 2.75) is 6.92 Å². The molecular weight excluding hydrogens is 296 g/mol. The fourth-order valence-electron chi connectivity index (χ4n) is 3.86. The third-order valence-electron chi connectivity index (χ3n) is 5.13. The van der Waals surface area contributed by atoms with Gasteiger partial charge in [0.15, 0.2) is 11.5 Å². The highest BCUT2D eigenvalue weighted by atomic mass is 16.5. The fourth-order valence-corrected chi connectivity index (χ4v) is 3.86. The molecule has 0 atom stereocenters. The van der Waals surface area contributed by atoms with Gasteiger partial charge in [-0.25, -0.2) is 0 Å². The zero-order valence-corrected chi connectivity index (χ0v) is 14.0. The van der Waals surface area contributed by atoms with Gasteiger partial charge in [0.25, 0.3) is 0 Å². The van der Waals surface area contributed by atoms with Crippen molar-refractivity contribution in [1.82, 2.24) is 4.57 Å². The number of para-hydroxylation sites is 2. The normalized spacial score (nSPS) is 13.0. The van der Waals surface area contributed by atoms with E-state index < -0.39 is 0 Å². The van der Waals surface area contributed by atoms with Crippen molar-refractivity contribution in [1.29, 1.82) is 0 Å². The van der Waals surface area contributed by atoms with E-state index in [0.717, 1.165) is 22.9 Å². The summed E-state index contributed by atoms with van der Waals surface area (Å²) in [5, 5.41) is 2.56. The van der Waals surface area contributed by atoms with Gasteiger partial charge in [-0.05, 0) is 42.8 Å². The minimum atomic E-state index is 0.906. The van der Waals surface area contributed by atoms with E-state index in [9.17, 15) is 0 Å². The quantitative estimate of drug-likeness (QED) is 0.425. The summed E-state index contributed by atoms with van der Waals surface area (Å²) >= 11 is 0. The predicted molar refractivity (Wildman–Crippen MR) is 99.7 cm³/mol. The first kappa shape index (κ1) is 13.5. The molecule has 0 aliphatic carbocycles. The number of ether oxygens (including phenoxy) is 1. The zero-order chi connectivity index (χ0) is 16.4. The molecule has 1 aromatic heterocycles. The number of aromatic nitrogens is 1. The SMILES string of the molecule is Cc1cccc2c1c1cc3c(cc1n2C)N(C)c1ccccc1O3. The standard InChI is InChI=1S/C21H18N2O/c1-13-7-6-9-16-21(13)14-11-20-18(12-17(14)23(16)3)22(2)15-8-4-5-10-19(15)24-20/h4-12H,1-3H3. The molecule has 3 heteroatoms. The summed E-state index contributed by atoms with van der Waals surface area (Å²) in [4.78, 5) is 2.21. The van der Waals surface area contributed by atoms with Gasteiger partial charge in [0, 0.05) is 30.4 Å². The summed E-state index contributed by atoms with van der Waals surface area (Å²) < 4.78 is 8.47. The largest absolute Gasteiger partial charge is 0.453 e.